The highest BCUT2D eigenvalue weighted by molar-refractivity contribution is 7.47. The van der Waals surface area contributed by atoms with Gasteiger partial charge in [-0.25, -0.2) is 4.57 Å². The summed E-state index contributed by atoms with van der Waals surface area (Å²) in [6.07, 6.45) is 44.0. The summed E-state index contributed by atoms with van der Waals surface area (Å²) in [5.74, 6) is -0.298. The molecule has 0 aromatic carbocycles. The summed E-state index contributed by atoms with van der Waals surface area (Å²) in [5, 5.41) is 0. The zero-order valence-corrected chi connectivity index (χ0v) is 33.3. The highest BCUT2D eigenvalue weighted by Crippen LogP contribution is 2.43. The molecule has 0 saturated carbocycles. The molecule has 0 amide bonds. The maximum atomic E-state index is 12.4. The third kappa shape index (κ3) is 37.8. The Kier molecular flexibility index (Phi) is 37.7. The molecule has 0 aliphatic heterocycles. The average molecular weight is 728 g/mol. The number of phosphoric ester groups is 1. The predicted octanol–water partition coefficient (Wildman–Crippen LogP) is 12.2. The van der Waals surface area contributed by atoms with Crippen LogP contribution in [0.1, 0.15) is 187 Å². The first kappa shape index (κ1) is 48.6. The third-order valence-electron chi connectivity index (χ3n) is 8.65. The van der Waals surface area contributed by atoms with Gasteiger partial charge < -0.3 is 20.1 Å². The highest BCUT2D eigenvalue weighted by atomic mass is 31.2. The Morgan fingerprint density at radius 2 is 1.08 bits per heavy atom. The molecule has 2 atom stereocenters. The van der Waals surface area contributed by atoms with E-state index in [1.807, 2.05) is 6.08 Å². The number of phosphoric acid groups is 1. The maximum absolute atomic E-state index is 12.4. The summed E-state index contributed by atoms with van der Waals surface area (Å²) >= 11 is 0. The fourth-order valence-electron chi connectivity index (χ4n) is 5.54. The summed E-state index contributed by atoms with van der Waals surface area (Å²) in [6.45, 7) is 4.19. The van der Waals surface area contributed by atoms with E-state index in [1.165, 1.54) is 122 Å². The molecule has 0 rings (SSSR count). The Labute approximate surface area is 308 Å². The molecule has 0 saturated heterocycles. The number of unbranched alkanes of at least 4 members (excludes halogenated alkanes) is 22. The van der Waals surface area contributed by atoms with Crippen molar-refractivity contribution < 1.29 is 32.8 Å². The first-order valence-corrected chi connectivity index (χ1v) is 22.0. The summed E-state index contributed by atoms with van der Waals surface area (Å²) < 4.78 is 33.1. The standard InChI is InChI=1S/C41H78NO7P/c1-3-5-7-9-11-13-15-17-19-20-21-22-24-26-28-30-32-34-41(43)47-38-40(39-49-50(44,45)48-37-35-42)46-36-33-31-29-27-25-23-18-16-14-12-10-8-6-4-2/h11,13,17,19,33,36,40H,3-10,12,14-16,18,20-32,34-35,37-39,42H2,1-2H3,(H,44,45)/b13-11-,19-17-,36-33-/t40-/m1/s1. The van der Waals surface area contributed by atoms with Crippen molar-refractivity contribution in [2.45, 2.75) is 193 Å². The molecule has 1 unspecified atom stereocenters. The second-order valence-electron chi connectivity index (χ2n) is 13.6. The largest absolute Gasteiger partial charge is 0.492 e. The second-order valence-corrected chi connectivity index (χ2v) is 15.0. The number of rotatable bonds is 39. The summed E-state index contributed by atoms with van der Waals surface area (Å²) in [6, 6.07) is 0. The van der Waals surface area contributed by atoms with Crippen molar-refractivity contribution in [3.05, 3.63) is 36.6 Å². The van der Waals surface area contributed by atoms with Crippen LogP contribution in [-0.2, 0) is 27.9 Å². The number of hydrogen-bond donors (Lipinski definition) is 2. The van der Waals surface area contributed by atoms with Crippen molar-refractivity contribution in [2.75, 3.05) is 26.4 Å². The molecule has 0 fully saturated rings. The molecular formula is C41H78NO7P. The Balaban J connectivity index is 4.10. The molecule has 294 valence electrons. The van der Waals surface area contributed by atoms with Gasteiger partial charge in [-0.1, -0.05) is 154 Å². The second kappa shape index (κ2) is 38.8. The van der Waals surface area contributed by atoms with Gasteiger partial charge in [0.1, 0.15) is 6.61 Å². The van der Waals surface area contributed by atoms with E-state index in [4.69, 9.17) is 24.3 Å². The van der Waals surface area contributed by atoms with Crippen molar-refractivity contribution in [3.8, 4) is 0 Å². The highest BCUT2D eigenvalue weighted by Gasteiger charge is 2.24. The van der Waals surface area contributed by atoms with Crippen LogP contribution in [0.25, 0.3) is 0 Å². The van der Waals surface area contributed by atoms with E-state index in [0.717, 1.165) is 44.9 Å². The number of ether oxygens (including phenoxy) is 2. The van der Waals surface area contributed by atoms with Crippen molar-refractivity contribution in [1.82, 2.24) is 0 Å². The van der Waals surface area contributed by atoms with Gasteiger partial charge in [0.05, 0.1) is 19.5 Å². The topological polar surface area (TPSA) is 117 Å². The van der Waals surface area contributed by atoms with Gasteiger partial charge in [-0.15, -0.1) is 0 Å². The minimum atomic E-state index is -4.26. The van der Waals surface area contributed by atoms with Crippen LogP contribution in [0.4, 0.5) is 0 Å². The molecule has 50 heavy (non-hydrogen) atoms. The quantitative estimate of drug-likeness (QED) is 0.0211. The van der Waals surface area contributed by atoms with Crippen molar-refractivity contribution in [1.29, 1.82) is 0 Å². The normalized spacial score (nSPS) is 13.8. The maximum Gasteiger partial charge on any atom is 0.472 e. The van der Waals surface area contributed by atoms with Gasteiger partial charge in [0, 0.05) is 13.0 Å². The number of carbonyl (C=O) groups excluding carboxylic acids is 1. The summed E-state index contributed by atoms with van der Waals surface area (Å²) in [7, 11) is -4.26. The van der Waals surface area contributed by atoms with Gasteiger partial charge in [0.25, 0.3) is 0 Å². The number of esters is 1. The van der Waals surface area contributed by atoms with Gasteiger partial charge in [-0.05, 0) is 57.4 Å². The first-order chi connectivity index (χ1) is 24.4. The molecule has 0 aromatic heterocycles. The van der Waals surface area contributed by atoms with Gasteiger partial charge in [-0.3, -0.25) is 13.8 Å². The molecule has 8 nitrogen and oxygen atoms in total. The van der Waals surface area contributed by atoms with Crippen LogP contribution >= 0.6 is 7.82 Å². The van der Waals surface area contributed by atoms with Crippen molar-refractivity contribution >= 4 is 13.8 Å². The van der Waals surface area contributed by atoms with Gasteiger partial charge in [-0.2, -0.15) is 0 Å². The number of allylic oxidation sites excluding steroid dienone is 5. The van der Waals surface area contributed by atoms with Crippen LogP contribution in [0, 0.1) is 0 Å². The summed E-state index contributed by atoms with van der Waals surface area (Å²) in [5.41, 5.74) is 5.36. The Morgan fingerprint density at radius 1 is 0.620 bits per heavy atom. The first-order valence-electron chi connectivity index (χ1n) is 20.5. The van der Waals surface area contributed by atoms with E-state index in [0.29, 0.717) is 6.42 Å². The molecule has 0 spiro atoms. The van der Waals surface area contributed by atoms with Crippen LogP contribution in [0.5, 0.6) is 0 Å². The van der Waals surface area contributed by atoms with E-state index in [9.17, 15) is 14.3 Å². The fourth-order valence-corrected chi connectivity index (χ4v) is 6.30. The van der Waals surface area contributed by atoms with Crippen molar-refractivity contribution in [2.24, 2.45) is 5.73 Å². The van der Waals surface area contributed by atoms with E-state index in [2.05, 4.69) is 38.2 Å². The predicted molar refractivity (Wildman–Crippen MR) is 210 cm³/mol. The lowest BCUT2D eigenvalue weighted by molar-refractivity contribution is -0.147. The molecule has 0 radical (unpaired) electrons. The molecule has 0 heterocycles. The van der Waals surface area contributed by atoms with Gasteiger partial charge in [0.2, 0.25) is 0 Å². The smallest absolute Gasteiger partial charge is 0.472 e. The van der Waals surface area contributed by atoms with Crippen LogP contribution in [0.2, 0.25) is 0 Å². The van der Waals surface area contributed by atoms with E-state index < -0.39 is 13.9 Å². The minimum Gasteiger partial charge on any atom is -0.492 e. The summed E-state index contributed by atoms with van der Waals surface area (Å²) in [4.78, 5) is 22.2. The van der Waals surface area contributed by atoms with Crippen LogP contribution in [0.3, 0.4) is 0 Å². The number of nitrogens with two attached hydrogens (primary N) is 1. The third-order valence-corrected chi connectivity index (χ3v) is 9.63. The molecule has 3 N–H and O–H groups in total. The lowest BCUT2D eigenvalue weighted by atomic mass is 10.0. The van der Waals surface area contributed by atoms with Crippen LogP contribution < -0.4 is 5.73 Å². The zero-order valence-electron chi connectivity index (χ0n) is 32.4. The van der Waals surface area contributed by atoms with E-state index >= 15 is 0 Å². The lowest BCUT2D eigenvalue weighted by Gasteiger charge is -2.19. The molecule has 0 aromatic rings. The van der Waals surface area contributed by atoms with Crippen molar-refractivity contribution in [3.63, 3.8) is 0 Å². The lowest BCUT2D eigenvalue weighted by Crippen LogP contribution is -2.25. The number of hydrogen-bond acceptors (Lipinski definition) is 7. The minimum absolute atomic E-state index is 0.0671. The molecule has 0 aliphatic rings. The monoisotopic (exact) mass is 728 g/mol. The molecule has 0 aliphatic carbocycles. The Morgan fingerprint density at radius 3 is 1.62 bits per heavy atom. The Bertz CT molecular complexity index is 864. The Hall–Kier alpha value is -1.44. The van der Waals surface area contributed by atoms with E-state index in [1.54, 1.807) is 6.26 Å². The fraction of sp³-hybridized carbons (Fsp3) is 0.829. The van der Waals surface area contributed by atoms with Gasteiger partial charge in [0.15, 0.2) is 6.10 Å². The molecule has 9 heteroatoms. The average Bonchev–Trinajstić information content (AvgIpc) is 3.11. The van der Waals surface area contributed by atoms with Crippen LogP contribution in [-0.4, -0.2) is 43.3 Å². The molecular weight excluding hydrogens is 649 g/mol. The zero-order chi connectivity index (χ0) is 36.6. The SMILES string of the molecule is CCCCC/C=C\C/C=C\CCCCCCCCCC(=O)OC[C@H](COP(=O)(O)OCCN)O/C=C\CCCCCCCCCCCCCC. The van der Waals surface area contributed by atoms with Crippen LogP contribution in [0.15, 0.2) is 36.6 Å². The number of carbonyl (C=O) groups is 1. The van der Waals surface area contributed by atoms with E-state index in [-0.39, 0.29) is 32.3 Å². The molecule has 0 bridgehead atoms. The van der Waals surface area contributed by atoms with Gasteiger partial charge >= 0.3 is 13.8 Å².